The van der Waals surface area contributed by atoms with E-state index in [4.69, 9.17) is 0 Å². The second-order valence-electron chi connectivity index (χ2n) is 15.4. The van der Waals surface area contributed by atoms with Gasteiger partial charge in [0.2, 0.25) is 0 Å². The molecule has 288 valence electrons. The number of anilines is 3. The molecule has 0 aliphatic heterocycles. The highest BCUT2D eigenvalue weighted by atomic mass is 15.1. The minimum atomic E-state index is 1.09. The molecule has 0 unspecified atom stereocenters. The van der Waals surface area contributed by atoms with Crippen molar-refractivity contribution < 1.29 is 0 Å². The van der Waals surface area contributed by atoms with E-state index in [0.717, 1.165) is 17.1 Å². The minimum absolute atomic E-state index is 1.09. The average molecular weight is 778 g/mol. The molecule has 10 aromatic rings. The molecule has 1 nitrogen and oxygen atoms in total. The second-order valence-corrected chi connectivity index (χ2v) is 15.4. The van der Waals surface area contributed by atoms with Crippen LogP contribution in [0.1, 0.15) is 0 Å². The molecule has 0 spiro atoms. The normalized spacial score (nSPS) is 11.0. The summed E-state index contributed by atoms with van der Waals surface area (Å²) in [7, 11) is 0. The Bertz CT molecular complexity index is 2980. The maximum absolute atomic E-state index is 2.37. The van der Waals surface area contributed by atoms with E-state index in [9.17, 15) is 0 Å². The van der Waals surface area contributed by atoms with Gasteiger partial charge in [0.05, 0.1) is 0 Å². The van der Waals surface area contributed by atoms with Crippen LogP contribution in [0.2, 0.25) is 0 Å². The molecule has 10 rings (SSSR count). The van der Waals surface area contributed by atoms with Crippen LogP contribution in [0.3, 0.4) is 0 Å². The zero-order chi connectivity index (χ0) is 40.8. The molecule has 0 amide bonds. The summed E-state index contributed by atoms with van der Waals surface area (Å²) in [6, 6.07) is 93.9. The van der Waals surface area contributed by atoms with Crippen LogP contribution in [0.25, 0.3) is 77.9 Å². The summed E-state index contributed by atoms with van der Waals surface area (Å²) in [5, 5.41) is 0. The topological polar surface area (TPSA) is 3.24 Å². The Labute approximate surface area is 359 Å². The fourth-order valence-electron chi connectivity index (χ4n) is 8.28. The van der Waals surface area contributed by atoms with Crippen LogP contribution in [-0.2, 0) is 0 Å². The van der Waals surface area contributed by atoms with Gasteiger partial charge in [0.15, 0.2) is 0 Å². The summed E-state index contributed by atoms with van der Waals surface area (Å²) in [6.45, 7) is 0. The van der Waals surface area contributed by atoms with Crippen LogP contribution < -0.4 is 4.90 Å². The smallest absolute Gasteiger partial charge is 0.0468 e. The van der Waals surface area contributed by atoms with Crippen molar-refractivity contribution in [2.45, 2.75) is 0 Å². The lowest BCUT2D eigenvalue weighted by Gasteiger charge is -2.27. The molecule has 1 heteroatoms. The maximum atomic E-state index is 2.37. The van der Waals surface area contributed by atoms with E-state index in [1.165, 1.54) is 77.9 Å². The molecular weight excluding hydrogens is 735 g/mol. The fourth-order valence-corrected chi connectivity index (χ4v) is 8.28. The van der Waals surface area contributed by atoms with E-state index < -0.39 is 0 Å². The predicted molar refractivity (Wildman–Crippen MR) is 259 cm³/mol. The predicted octanol–water partition coefficient (Wildman–Crippen LogP) is 16.8. The van der Waals surface area contributed by atoms with Gasteiger partial charge in [-0.05, 0) is 114 Å². The molecule has 61 heavy (non-hydrogen) atoms. The number of hydrogen-bond acceptors (Lipinski definition) is 1. The van der Waals surface area contributed by atoms with Gasteiger partial charge in [0.25, 0.3) is 0 Å². The molecule has 0 fully saturated rings. The third-order valence-corrected chi connectivity index (χ3v) is 11.6. The monoisotopic (exact) mass is 777 g/mol. The SMILES string of the molecule is c1ccc(-c2ccc(-c3ccc(-c4ccc(N(c5ccc(-c6ccccc6)cc5)c5ccc(-c6ccc(-c7ccccc7)cc6)cc5)cc4-c4ccccc4)cc3)cc2)cc1. The number of hydrogen-bond donors (Lipinski definition) is 0. The summed E-state index contributed by atoms with van der Waals surface area (Å²) in [5.74, 6) is 0. The van der Waals surface area contributed by atoms with E-state index in [0.29, 0.717) is 0 Å². The maximum Gasteiger partial charge on any atom is 0.0468 e. The van der Waals surface area contributed by atoms with E-state index in [2.05, 4.69) is 266 Å². The van der Waals surface area contributed by atoms with Gasteiger partial charge in [-0.3, -0.25) is 0 Å². The molecule has 0 bridgehead atoms. The third-order valence-electron chi connectivity index (χ3n) is 11.6. The molecule has 0 aliphatic rings. The Hall–Kier alpha value is -8.00. The molecule has 0 aromatic heterocycles. The number of benzene rings is 10. The van der Waals surface area contributed by atoms with Crippen molar-refractivity contribution in [1.29, 1.82) is 0 Å². The van der Waals surface area contributed by atoms with E-state index in [-0.39, 0.29) is 0 Å². The van der Waals surface area contributed by atoms with Crippen LogP contribution in [-0.4, -0.2) is 0 Å². The molecule has 0 aliphatic carbocycles. The highest BCUT2D eigenvalue weighted by Crippen LogP contribution is 2.42. The molecule has 0 radical (unpaired) electrons. The van der Waals surface area contributed by atoms with Gasteiger partial charge in [0, 0.05) is 17.1 Å². The Morgan fingerprint density at radius 1 is 0.164 bits per heavy atom. The van der Waals surface area contributed by atoms with E-state index >= 15 is 0 Å². The largest absolute Gasteiger partial charge is 0.310 e. The lowest BCUT2D eigenvalue weighted by Crippen LogP contribution is -2.10. The van der Waals surface area contributed by atoms with Crippen molar-refractivity contribution in [3.05, 3.63) is 261 Å². The summed E-state index contributed by atoms with van der Waals surface area (Å²) in [6.07, 6.45) is 0. The molecule has 0 N–H and O–H groups in total. The standard InChI is InChI=1S/C60H43N/c1-5-13-44(14-6-1)47-21-25-49(26-22-47)51-29-31-55(32-30-51)59-42-41-58(43-60(59)54-19-11-4-12-20-54)61(56-37-33-52(34-38-56)46-17-9-3-10-18-46)57-39-35-53(36-40-57)50-27-23-48(24-28-50)45-15-7-2-8-16-45/h1-43H. The summed E-state index contributed by atoms with van der Waals surface area (Å²) < 4.78 is 0. The Kier molecular flexibility index (Phi) is 10.4. The Balaban J connectivity index is 1.01. The van der Waals surface area contributed by atoms with Gasteiger partial charge < -0.3 is 4.90 Å². The molecule has 10 aromatic carbocycles. The van der Waals surface area contributed by atoms with Crippen molar-refractivity contribution in [3.63, 3.8) is 0 Å². The van der Waals surface area contributed by atoms with Crippen molar-refractivity contribution >= 4 is 17.1 Å². The first-order valence-electron chi connectivity index (χ1n) is 20.9. The van der Waals surface area contributed by atoms with Crippen LogP contribution in [0.4, 0.5) is 17.1 Å². The quantitative estimate of drug-likeness (QED) is 0.134. The summed E-state index contributed by atoms with van der Waals surface area (Å²) in [4.78, 5) is 2.37. The fraction of sp³-hybridized carbons (Fsp3) is 0. The first-order valence-corrected chi connectivity index (χ1v) is 20.9. The van der Waals surface area contributed by atoms with Gasteiger partial charge in [-0.25, -0.2) is 0 Å². The highest BCUT2D eigenvalue weighted by molar-refractivity contribution is 5.90. The first-order chi connectivity index (χ1) is 30.2. The highest BCUT2D eigenvalue weighted by Gasteiger charge is 2.17. The molecule has 0 saturated heterocycles. The van der Waals surface area contributed by atoms with Gasteiger partial charge in [-0.1, -0.05) is 224 Å². The van der Waals surface area contributed by atoms with E-state index in [1.54, 1.807) is 0 Å². The lowest BCUT2D eigenvalue weighted by molar-refractivity contribution is 1.28. The van der Waals surface area contributed by atoms with Crippen LogP contribution in [0.5, 0.6) is 0 Å². The van der Waals surface area contributed by atoms with Crippen LogP contribution >= 0.6 is 0 Å². The van der Waals surface area contributed by atoms with Crippen LogP contribution in [0, 0.1) is 0 Å². The molecule has 0 atom stereocenters. The molecule has 0 heterocycles. The van der Waals surface area contributed by atoms with Crippen LogP contribution in [0.15, 0.2) is 261 Å². The number of nitrogens with zero attached hydrogens (tertiary/aromatic N) is 1. The average Bonchev–Trinajstić information content (AvgIpc) is 3.36. The van der Waals surface area contributed by atoms with Gasteiger partial charge in [0.1, 0.15) is 0 Å². The molecule has 0 saturated carbocycles. The van der Waals surface area contributed by atoms with Gasteiger partial charge in [-0.2, -0.15) is 0 Å². The van der Waals surface area contributed by atoms with Crippen molar-refractivity contribution in [1.82, 2.24) is 0 Å². The number of rotatable bonds is 10. The zero-order valence-electron chi connectivity index (χ0n) is 33.8. The third kappa shape index (κ3) is 8.06. The first kappa shape index (κ1) is 37.3. The summed E-state index contributed by atoms with van der Waals surface area (Å²) >= 11 is 0. The van der Waals surface area contributed by atoms with Crippen molar-refractivity contribution in [2.75, 3.05) is 4.90 Å². The van der Waals surface area contributed by atoms with E-state index in [1.807, 2.05) is 0 Å². The summed E-state index contributed by atoms with van der Waals surface area (Å²) in [5.41, 5.74) is 20.0. The van der Waals surface area contributed by atoms with Crippen molar-refractivity contribution in [3.8, 4) is 77.9 Å². The van der Waals surface area contributed by atoms with Crippen molar-refractivity contribution in [2.24, 2.45) is 0 Å². The molecular formula is C60H43N. The zero-order valence-corrected chi connectivity index (χ0v) is 33.8. The van der Waals surface area contributed by atoms with Gasteiger partial charge in [-0.15, -0.1) is 0 Å². The Morgan fingerprint density at radius 2 is 0.393 bits per heavy atom. The lowest BCUT2D eigenvalue weighted by atomic mass is 9.92. The van der Waals surface area contributed by atoms with Gasteiger partial charge >= 0.3 is 0 Å². The Morgan fingerprint density at radius 3 is 0.721 bits per heavy atom. The minimum Gasteiger partial charge on any atom is -0.310 e. The second kappa shape index (κ2) is 17.1.